The van der Waals surface area contributed by atoms with Gasteiger partial charge in [-0.2, -0.15) is 0 Å². The number of phenols is 1. The van der Waals surface area contributed by atoms with Crippen molar-refractivity contribution in [3.05, 3.63) is 58.7 Å². The van der Waals surface area contributed by atoms with E-state index in [9.17, 15) is 27.9 Å². The number of aryl methyl sites for hydroxylation is 1. The Bertz CT molecular complexity index is 1160. The van der Waals surface area contributed by atoms with E-state index in [2.05, 4.69) is 5.32 Å². The van der Waals surface area contributed by atoms with Gasteiger partial charge >= 0.3 is 0 Å². The number of phenolic OH excluding ortho intramolecular Hbond substituents is 1. The summed E-state index contributed by atoms with van der Waals surface area (Å²) in [5.74, 6) is -2.74. The second-order valence-electron chi connectivity index (χ2n) is 7.07. The fourth-order valence-corrected chi connectivity index (χ4v) is 4.29. The van der Waals surface area contributed by atoms with Crippen LogP contribution in [0.25, 0.3) is 0 Å². The minimum Gasteiger partial charge on any atom is -0.508 e. The molecule has 2 aromatic carbocycles. The van der Waals surface area contributed by atoms with Crippen LogP contribution < -0.4 is 5.32 Å². The van der Waals surface area contributed by atoms with Gasteiger partial charge in [-0.25, -0.2) is 8.42 Å². The summed E-state index contributed by atoms with van der Waals surface area (Å²) in [4.78, 5) is 38.7. The van der Waals surface area contributed by atoms with E-state index < -0.39 is 46.0 Å². The Labute approximate surface area is 172 Å². The van der Waals surface area contributed by atoms with E-state index in [0.717, 1.165) is 11.2 Å². The van der Waals surface area contributed by atoms with Gasteiger partial charge in [0.15, 0.2) is 0 Å². The number of carbonyl (C=O) groups is 3. The molecular weight excluding hydrogens is 412 g/mol. The van der Waals surface area contributed by atoms with Gasteiger partial charge < -0.3 is 15.5 Å². The zero-order valence-electron chi connectivity index (χ0n) is 16.2. The van der Waals surface area contributed by atoms with Crippen LogP contribution in [0.3, 0.4) is 0 Å². The van der Waals surface area contributed by atoms with E-state index in [0.29, 0.717) is 11.1 Å². The monoisotopic (exact) mass is 432 g/mol. The van der Waals surface area contributed by atoms with E-state index in [1.165, 1.54) is 36.4 Å². The number of anilines is 1. The zero-order chi connectivity index (χ0) is 22.2. The molecule has 1 unspecified atom stereocenters. The van der Waals surface area contributed by atoms with Crippen LogP contribution in [-0.4, -0.2) is 59.9 Å². The highest BCUT2D eigenvalue weighted by molar-refractivity contribution is 7.90. The Balaban J connectivity index is 2.11. The van der Waals surface area contributed by atoms with Gasteiger partial charge in [0.2, 0.25) is 5.91 Å². The van der Waals surface area contributed by atoms with Crippen LogP contribution in [0, 0.1) is 6.92 Å². The quantitative estimate of drug-likeness (QED) is 0.579. The number of hydrogen-bond donors (Lipinski definition) is 3. The third-order valence-electron chi connectivity index (χ3n) is 4.74. The van der Waals surface area contributed by atoms with Crippen LogP contribution in [0.1, 0.15) is 37.9 Å². The molecule has 2 aromatic rings. The van der Waals surface area contributed by atoms with Crippen molar-refractivity contribution in [2.75, 3.05) is 23.9 Å². The molecule has 3 rings (SSSR count). The first-order chi connectivity index (χ1) is 14.0. The molecule has 10 heteroatoms. The average Bonchev–Trinajstić information content (AvgIpc) is 2.93. The largest absolute Gasteiger partial charge is 0.508 e. The van der Waals surface area contributed by atoms with Crippen molar-refractivity contribution in [2.24, 2.45) is 0 Å². The minimum atomic E-state index is -3.61. The molecule has 0 fully saturated rings. The van der Waals surface area contributed by atoms with Crippen molar-refractivity contribution < 1.29 is 33.0 Å². The summed E-state index contributed by atoms with van der Waals surface area (Å²) in [6.07, 6.45) is 0.998. The molecule has 1 aliphatic rings. The Morgan fingerprint density at radius 3 is 2.47 bits per heavy atom. The smallest absolute Gasteiger partial charge is 0.264 e. The number of rotatable bonds is 6. The number of fused-ring (bicyclic) bond motifs is 1. The van der Waals surface area contributed by atoms with Crippen LogP contribution in [0.15, 0.2) is 36.4 Å². The number of carbonyl (C=O) groups excluding carboxylic acids is 3. The highest BCUT2D eigenvalue weighted by Gasteiger charge is 2.43. The predicted molar refractivity (Wildman–Crippen MR) is 108 cm³/mol. The van der Waals surface area contributed by atoms with Gasteiger partial charge in [0.25, 0.3) is 11.8 Å². The number of imide groups is 1. The zero-order valence-corrected chi connectivity index (χ0v) is 17.1. The van der Waals surface area contributed by atoms with Crippen molar-refractivity contribution in [1.29, 1.82) is 0 Å². The third-order valence-corrected chi connectivity index (χ3v) is 5.66. The number of benzene rings is 2. The Morgan fingerprint density at radius 2 is 1.87 bits per heavy atom. The first kappa shape index (κ1) is 21.5. The molecule has 9 nitrogen and oxygen atoms in total. The molecule has 30 heavy (non-hydrogen) atoms. The van der Waals surface area contributed by atoms with E-state index >= 15 is 0 Å². The van der Waals surface area contributed by atoms with Gasteiger partial charge in [-0.05, 0) is 36.2 Å². The first-order valence-corrected chi connectivity index (χ1v) is 11.0. The SMILES string of the molecule is Cc1cc(C(CS(C)(=O)=O)N2C(=O)c3cccc(NC(=O)CO)c3C2=O)ccc1O. The molecule has 0 aliphatic carbocycles. The van der Waals surface area contributed by atoms with E-state index in [1.807, 2.05) is 0 Å². The molecule has 3 N–H and O–H groups in total. The lowest BCUT2D eigenvalue weighted by Gasteiger charge is -2.26. The van der Waals surface area contributed by atoms with Crippen molar-refractivity contribution in [3.63, 3.8) is 0 Å². The summed E-state index contributed by atoms with van der Waals surface area (Å²) in [6.45, 7) is 0.806. The predicted octanol–water partition coefficient (Wildman–Crippen LogP) is 1.01. The lowest BCUT2D eigenvalue weighted by atomic mass is 10.0. The lowest BCUT2D eigenvalue weighted by molar-refractivity contribution is -0.118. The van der Waals surface area contributed by atoms with Gasteiger partial charge in [0.05, 0.1) is 28.6 Å². The number of nitrogens with zero attached hydrogens (tertiary/aromatic N) is 1. The molecule has 3 amide bonds. The molecule has 0 saturated heterocycles. The fraction of sp³-hybridized carbons (Fsp3) is 0.250. The molecule has 158 valence electrons. The Morgan fingerprint density at radius 1 is 1.17 bits per heavy atom. The van der Waals surface area contributed by atoms with Crippen molar-refractivity contribution in [3.8, 4) is 5.75 Å². The molecule has 0 bridgehead atoms. The number of aliphatic hydroxyl groups is 1. The number of aliphatic hydroxyl groups excluding tert-OH is 1. The number of sulfone groups is 1. The summed E-state index contributed by atoms with van der Waals surface area (Å²) in [5.41, 5.74) is 0.820. The van der Waals surface area contributed by atoms with Gasteiger partial charge in [-0.15, -0.1) is 0 Å². The van der Waals surface area contributed by atoms with Gasteiger partial charge in [-0.3, -0.25) is 19.3 Å². The maximum atomic E-state index is 13.2. The maximum absolute atomic E-state index is 13.2. The van der Waals surface area contributed by atoms with Crippen LogP contribution in [-0.2, 0) is 14.6 Å². The van der Waals surface area contributed by atoms with E-state index in [4.69, 9.17) is 5.11 Å². The van der Waals surface area contributed by atoms with E-state index in [1.54, 1.807) is 6.92 Å². The number of hydrogen-bond acceptors (Lipinski definition) is 7. The van der Waals surface area contributed by atoms with Gasteiger partial charge in [0.1, 0.15) is 22.2 Å². The number of nitrogens with one attached hydrogen (secondary N) is 1. The van der Waals surface area contributed by atoms with Crippen LogP contribution in [0.4, 0.5) is 5.69 Å². The topological polar surface area (TPSA) is 141 Å². The fourth-order valence-electron chi connectivity index (χ4n) is 3.37. The minimum absolute atomic E-state index is 0.00628. The molecular formula is C20H20N2O7S. The molecule has 0 saturated carbocycles. The molecule has 0 aromatic heterocycles. The van der Waals surface area contributed by atoms with E-state index in [-0.39, 0.29) is 22.6 Å². The summed E-state index contributed by atoms with van der Waals surface area (Å²) in [5, 5.41) is 21.1. The highest BCUT2D eigenvalue weighted by Crippen LogP contribution is 2.36. The standard InChI is InChI=1S/C20H20N2O7S/c1-11-8-12(6-7-16(11)24)15(10-30(2,28)29)22-19(26)13-4-3-5-14(18(13)20(22)27)21-17(25)9-23/h3-8,15,23-24H,9-10H2,1-2H3,(H,21,25). The third kappa shape index (κ3) is 4.05. The van der Waals surface area contributed by atoms with Gasteiger partial charge in [0, 0.05) is 6.26 Å². The Hall–Kier alpha value is -3.24. The molecule has 1 atom stereocenters. The normalized spacial score (nSPS) is 14.6. The van der Waals surface area contributed by atoms with Crippen molar-refractivity contribution in [2.45, 2.75) is 13.0 Å². The lowest BCUT2D eigenvalue weighted by Crippen LogP contribution is -2.37. The average molecular weight is 432 g/mol. The van der Waals surface area contributed by atoms with Crippen LogP contribution >= 0.6 is 0 Å². The maximum Gasteiger partial charge on any atom is 0.264 e. The van der Waals surface area contributed by atoms with Crippen molar-refractivity contribution >= 4 is 33.2 Å². The second-order valence-corrected chi connectivity index (χ2v) is 9.25. The van der Waals surface area contributed by atoms with Crippen molar-refractivity contribution in [1.82, 2.24) is 4.90 Å². The number of aromatic hydroxyl groups is 1. The Kier molecular flexibility index (Phi) is 5.64. The second kappa shape index (κ2) is 7.88. The van der Waals surface area contributed by atoms with Gasteiger partial charge in [-0.1, -0.05) is 18.2 Å². The first-order valence-electron chi connectivity index (χ1n) is 8.92. The molecule has 0 radical (unpaired) electrons. The molecule has 1 heterocycles. The molecule has 1 aliphatic heterocycles. The summed E-state index contributed by atoms with van der Waals surface area (Å²) >= 11 is 0. The molecule has 0 spiro atoms. The van der Waals surface area contributed by atoms with Crippen LogP contribution in [0.2, 0.25) is 0 Å². The summed E-state index contributed by atoms with van der Waals surface area (Å²) < 4.78 is 24.2. The summed E-state index contributed by atoms with van der Waals surface area (Å²) in [7, 11) is -3.61. The number of amides is 3. The van der Waals surface area contributed by atoms with Crippen LogP contribution in [0.5, 0.6) is 5.75 Å². The highest BCUT2D eigenvalue weighted by atomic mass is 32.2. The summed E-state index contributed by atoms with van der Waals surface area (Å²) in [6, 6.07) is 7.50.